The third kappa shape index (κ3) is 2.64. The summed E-state index contributed by atoms with van der Waals surface area (Å²) in [6.45, 7) is 0.608. The second-order valence-corrected chi connectivity index (χ2v) is 6.09. The van der Waals surface area contributed by atoms with Gasteiger partial charge in [0.25, 0.3) is 0 Å². The molecule has 0 spiro atoms. The zero-order chi connectivity index (χ0) is 16.5. The number of anilines is 1. The maximum atomic E-state index is 13.6. The van der Waals surface area contributed by atoms with Crippen molar-refractivity contribution < 1.29 is 9.18 Å². The number of aromatic nitrogens is 1. The molecule has 1 N–H and O–H groups in total. The number of halogens is 1. The van der Waals surface area contributed by atoms with Gasteiger partial charge in [-0.15, -0.1) is 0 Å². The van der Waals surface area contributed by atoms with Gasteiger partial charge in [-0.3, -0.25) is 9.78 Å². The van der Waals surface area contributed by atoms with E-state index in [4.69, 9.17) is 0 Å². The number of pyridine rings is 1. The minimum atomic E-state index is -0.314. The molecule has 1 aromatic heterocycles. The highest BCUT2D eigenvalue weighted by Gasteiger charge is 2.24. The number of aryl methyl sites for hydroxylation is 1. The van der Waals surface area contributed by atoms with E-state index in [1.54, 1.807) is 6.07 Å². The van der Waals surface area contributed by atoms with Gasteiger partial charge in [0.1, 0.15) is 5.82 Å². The number of Topliss-reactive ketones (excluding diaryl/α,β-unsaturated/α-hetero) is 1. The smallest absolute Gasteiger partial charge is 0.166 e. The quantitative estimate of drug-likeness (QED) is 0.772. The number of carbonyl (C=O) groups is 1. The topological polar surface area (TPSA) is 42.0 Å². The highest BCUT2D eigenvalue weighted by atomic mass is 19.1. The largest absolute Gasteiger partial charge is 0.380 e. The first-order valence-electron chi connectivity index (χ1n) is 8.15. The predicted molar refractivity (Wildman–Crippen MR) is 92.7 cm³/mol. The first kappa shape index (κ1) is 14.8. The lowest BCUT2D eigenvalue weighted by Gasteiger charge is -2.21. The summed E-state index contributed by atoms with van der Waals surface area (Å²) in [6.07, 6.45) is 2.10. The van der Waals surface area contributed by atoms with Gasteiger partial charge in [0.2, 0.25) is 0 Å². The zero-order valence-electron chi connectivity index (χ0n) is 13.2. The average molecular weight is 320 g/mol. The lowest BCUT2D eigenvalue weighted by atomic mass is 9.91. The Balaban J connectivity index is 1.84. The van der Waals surface area contributed by atoms with Crippen molar-refractivity contribution in [2.45, 2.75) is 25.8 Å². The fraction of sp³-hybridized carbons (Fsp3) is 0.200. The fourth-order valence-electron chi connectivity index (χ4n) is 3.28. The van der Waals surface area contributed by atoms with Crippen molar-refractivity contribution >= 4 is 22.4 Å². The Bertz CT molecular complexity index is 922. The SMILES string of the molecule is O=C1CCCc2nc3cc(F)ccc3c(NCc3ccccc3)c21. The molecule has 3 aromatic rings. The van der Waals surface area contributed by atoms with Gasteiger partial charge < -0.3 is 5.32 Å². The zero-order valence-corrected chi connectivity index (χ0v) is 13.2. The number of hydrogen-bond donors (Lipinski definition) is 1. The fourth-order valence-corrected chi connectivity index (χ4v) is 3.28. The Labute approximate surface area is 139 Å². The van der Waals surface area contributed by atoms with Gasteiger partial charge in [0, 0.05) is 24.4 Å². The maximum absolute atomic E-state index is 13.6. The normalized spacial score (nSPS) is 13.8. The molecule has 1 aliphatic rings. The van der Waals surface area contributed by atoms with Crippen LogP contribution in [-0.2, 0) is 13.0 Å². The number of benzene rings is 2. The summed E-state index contributed by atoms with van der Waals surface area (Å²) in [7, 11) is 0. The van der Waals surface area contributed by atoms with Crippen molar-refractivity contribution in [2.24, 2.45) is 0 Å². The number of fused-ring (bicyclic) bond motifs is 2. The molecule has 0 aliphatic heterocycles. The monoisotopic (exact) mass is 320 g/mol. The summed E-state index contributed by atoms with van der Waals surface area (Å²) in [6, 6.07) is 14.6. The van der Waals surface area contributed by atoms with Crippen LogP contribution in [0.1, 0.15) is 34.5 Å². The maximum Gasteiger partial charge on any atom is 0.166 e. The molecule has 1 heterocycles. The average Bonchev–Trinajstić information content (AvgIpc) is 2.59. The summed E-state index contributed by atoms with van der Waals surface area (Å²) in [5.41, 5.74) is 3.96. The molecule has 120 valence electrons. The molecule has 0 saturated heterocycles. The molecule has 0 atom stereocenters. The van der Waals surface area contributed by atoms with E-state index in [2.05, 4.69) is 10.3 Å². The summed E-state index contributed by atoms with van der Waals surface area (Å²) >= 11 is 0. The molecule has 0 radical (unpaired) electrons. The highest BCUT2D eigenvalue weighted by molar-refractivity contribution is 6.09. The van der Waals surface area contributed by atoms with E-state index in [1.165, 1.54) is 12.1 Å². The van der Waals surface area contributed by atoms with Crippen molar-refractivity contribution in [3.63, 3.8) is 0 Å². The van der Waals surface area contributed by atoms with Crippen molar-refractivity contribution in [1.29, 1.82) is 0 Å². The van der Waals surface area contributed by atoms with Crippen molar-refractivity contribution in [3.8, 4) is 0 Å². The Morgan fingerprint density at radius 1 is 1.08 bits per heavy atom. The van der Waals surface area contributed by atoms with Crippen molar-refractivity contribution in [1.82, 2.24) is 4.98 Å². The molecule has 4 heteroatoms. The third-order valence-electron chi connectivity index (χ3n) is 4.43. The predicted octanol–water partition coefficient (Wildman–Crippen LogP) is 4.51. The van der Waals surface area contributed by atoms with Gasteiger partial charge in [-0.05, 0) is 30.5 Å². The van der Waals surface area contributed by atoms with Crippen LogP contribution < -0.4 is 5.32 Å². The molecule has 3 nitrogen and oxygen atoms in total. The van der Waals surface area contributed by atoms with Crippen LogP contribution in [0.3, 0.4) is 0 Å². The summed E-state index contributed by atoms with van der Waals surface area (Å²) in [5.74, 6) is -0.198. The lowest BCUT2D eigenvalue weighted by molar-refractivity contribution is 0.0972. The minimum absolute atomic E-state index is 0.116. The van der Waals surface area contributed by atoms with Crippen LogP contribution in [-0.4, -0.2) is 10.8 Å². The van der Waals surface area contributed by atoms with Crippen LogP contribution >= 0.6 is 0 Å². The van der Waals surface area contributed by atoms with E-state index >= 15 is 0 Å². The van der Waals surface area contributed by atoms with Gasteiger partial charge in [0.15, 0.2) is 5.78 Å². The first-order valence-corrected chi connectivity index (χ1v) is 8.15. The summed E-state index contributed by atoms with van der Waals surface area (Å²) < 4.78 is 13.6. The lowest BCUT2D eigenvalue weighted by Crippen LogP contribution is -2.16. The standard InChI is InChI=1S/C20H17FN2O/c21-14-9-10-15-17(11-14)23-16-7-4-8-18(24)19(16)20(15)22-12-13-5-2-1-3-6-13/h1-3,5-6,9-11H,4,7-8,12H2,(H,22,23). The van der Waals surface area contributed by atoms with Crippen molar-refractivity contribution in [3.05, 3.63) is 71.2 Å². The Morgan fingerprint density at radius 3 is 2.75 bits per heavy atom. The van der Waals surface area contributed by atoms with Gasteiger partial charge >= 0.3 is 0 Å². The van der Waals surface area contributed by atoms with Crippen LogP contribution in [0.25, 0.3) is 10.9 Å². The molecule has 0 fully saturated rings. The Hall–Kier alpha value is -2.75. The van der Waals surface area contributed by atoms with E-state index in [1.807, 2.05) is 30.3 Å². The van der Waals surface area contributed by atoms with Gasteiger partial charge in [-0.2, -0.15) is 0 Å². The van der Waals surface area contributed by atoms with Crippen LogP contribution in [0.2, 0.25) is 0 Å². The molecule has 0 bridgehead atoms. The van der Waals surface area contributed by atoms with E-state index in [9.17, 15) is 9.18 Å². The molecular weight excluding hydrogens is 303 g/mol. The molecule has 24 heavy (non-hydrogen) atoms. The number of ketones is 1. The van der Waals surface area contributed by atoms with Crippen LogP contribution in [0.4, 0.5) is 10.1 Å². The van der Waals surface area contributed by atoms with Gasteiger partial charge in [-0.25, -0.2) is 4.39 Å². The van der Waals surface area contributed by atoms with E-state index in [-0.39, 0.29) is 11.6 Å². The van der Waals surface area contributed by atoms with Crippen molar-refractivity contribution in [2.75, 3.05) is 5.32 Å². The molecule has 0 saturated carbocycles. The van der Waals surface area contributed by atoms with Gasteiger partial charge in [0.05, 0.1) is 22.5 Å². The van der Waals surface area contributed by atoms with Crippen LogP contribution in [0, 0.1) is 5.82 Å². The molecule has 2 aromatic carbocycles. The molecule has 0 amide bonds. The number of rotatable bonds is 3. The molecule has 0 unspecified atom stereocenters. The second-order valence-electron chi connectivity index (χ2n) is 6.09. The Kier molecular flexibility index (Phi) is 3.73. The van der Waals surface area contributed by atoms with E-state index in [0.29, 0.717) is 24.0 Å². The summed E-state index contributed by atoms with van der Waals surface area (Å²) in [5, 5.41) is 4.19. The third-order valence-corrected chi connectivity index (χ3v) is 4.43. The first-order chi connectivity index (χ1) is 11.7. The number of hydrogen-bond acceptors (Lipinski definition) is 3. The minimum Gasteiger partial charge on any atom is -0.380 e. The summed E-state index contributed by atoms with van der Waals surface area (Å²) in [4.78, 5) is 17.0. The van der Waals surface area contributed by atoms with Crippen LogP contribution in [0.5, 0.6) is 0 Å². The Morgan fingerprint density at radius 2 is 1.92 bits per heavy atom. The molecular formula is C20H17FN2O. The van der Waals surface area contributed by atoms with E-state index in [0.717, 1.165) is 35.2 Å². The van der Waals surface area contributed by atoms with Crippen LogP contribution in [0.15, 0.2) is 48.5 Å². The second kappa shape index (κ2) is 6.04. The number of nitrogens with zero attached hydrogens (tertiary/aromatic N) is 1. The van der Waals surface area contributed by atoms with E-state index < -0.39 is 0 Å². The molecule has 1 aliphatic carbocycles. The number of nitrogens with one attached hydrogen (secondary N) is 1. The molecule has 4 rings (SSSR count). The highest BCUT2D eigenvalue weighted by Crippen LogP contribution is 2.33. The number of carbonyl (C=O) groups excluding carboxylic acids is 1. The van der Waals surface area contributed by atoms with Gasteiger partial charge in [-0.1, -0.05) is 30.3 Å².